The summed E-state index contributed by atoms with van der Waals surface area (Å²) in [5, 5.41) is 9.58. The first-order valence-corrected chi connectivity index (χ1v) is 8.02. The molecule has 2 aromatic carbocycles. The molecule has 1 saturated heterocycles. The molecule has 1 fully saturated rings. The highest BCUT2D eigenvalue weighted by Gasteiger charge is 2.47. The van der Waals surface area contributed by atoms with Gasteiger partial charge in [-0.05, 0) is 24.3 Å². The van der Waals surface area contributed by atoms with Gasteiger partial charge in [-0.25, -0.2) is 14.0 Å². The predicted molar refractivity (Wildman–Crippen MR) is 88.1 cm³/mol. The lowest BCUT2D eigenvalue weighted by Gasteiger charge is -2.19. The number of aliphatic hydroxyl groups excluding tert-OH is 1. The van der Waals surface area contributed by atoms with Crippen molar-refractivity contribution in [3.63, 3.8) is 0 Å². The third kappa shape index (κ3) is 4.07. The van der Waals surface area contributed by atoms with Gasteiger partial charge in [0.05, 0.1) is 11.1 Å². The Morgan fingerprint density at radius 3 is 2.08 bits per heavy atom. The Hall–Kier alpha value is -2.77. The molecule has 1 unspecified atom stereocenters. The van der Waals surface area contributed by atoms with Crippen molar-refractivity contribution < 1.29 is 33.3 Å². The topological polar surface area (TPSA) is 82.1 Å². The molecule has 7 heteroatoms. The molecule has 1 heterocycles. The summed E-state index contributed by atoms with van der Waals surface area (Å²) in [4.78, 5) is 24.1. The van der Waals surface area contributed by atoms with Gasteiger partial charge in [0.15, 0.2) is 18.6 Å². The summed E-state index contributed by atoms with van der Waals surface area (Å²) in [6, 6.07) is 16.3. The molecule has 0 radical (unpaired) electrons. The minimum absolute atomic E-state index is 0.237. The van der Waals surface area contributed by atoms with Gasteiger partial charge in [0.2, 0.25) is 0 Å². The molecule has 1 N–H and O–H groups in total. The maximum absolute atomic E-state index is 14.2. The quantitative estimate of drug-likeness (QED) is 0.823. The summed E-state index contributed by atoms with van der Waals surface area (Å²) in [5.74, 6) is -1.38. The number of alkyl halides is 1. The van der Waals surface area contributed by atoms with E-state index in [4.69, 9.17) is 14.2 Å². The molecule has 0 saturated carbocycles. The lowest BCUT2D eigenvalue weighted by Crippen LogP contribution is -2.37. The smallest absolute Gasteiger partial charge is 0.338 e. The van der Waals surface area contributed by atoms with Crippen LogP contribution in [0.5, 0.6) is 0 Å². The number of ether oxygens (including phenoxy) is 3. The first kappa shape index (κ1) is 18.0. The van der Waals surface area contributed by atoms with Crippen LogP contribution in [-0.4, -0.2) is 48.3 Å². The van der Waals surface area contributed by atoms with Crippen LogP contribution in [0.15, 0.2) is 60.7 Å². The predicted octanol–water partition coefficient (Wildman–Crippen LogP) is 2.12. The maximum Gasteiger partial charge on any atom is 0.338 e. The van der Waals surface area contributed by atoms with Gasteiger partial charge in [-0.15, -0.1) is 0 Å². The van der Waals surface area contributed by atoms with Crippen LogP contribution in [0, 0.1) is 0 Å². The monoisotopic (exact) mass is 360 g/mol. The second kappa shape index (κ2) is 8.07. The fraction of sp³-hybridized carbons (Fsp3) is 0.263. The Labute approximate surface area is 149 Å². The fourth-order valence-electron chi connectivity index (χ4n) is 2.56. The average Bonchev–Trinajstić information content (AvgIpc) is 2.95. The van der Waals surface area contributed by atoms with E-state index < -0.39 is 36.6 Å². The summed E-state index contributed by atoms with van der Waals surface area (Å²) in [7, 11) is 0. The van der Waals surface area contributed by atoms with E-state index in [1.807, 2.05) is 0 Å². The number of aliphatic hydroxyl groups is 1. The lowest BCUT2D eigenvalue weighted by molar-refractivity contribution is -0.122. The van der Waals surface area contributed by atoms with Crippen LogP contribution in [0.3, 0.4) is 0 Å². The van der Waals surface area contributed by atoms with E-state index >= 15 is 0 Å². The van der Waals surface area contributed by atoms with Crippen molar-refractivity contribution >= 4 is 11.9 Å². The lowest BCUT2D eigenvalue weighted by atomic mass is 10.1. The third-order valence-corrected chi connectivity index (χ3v) is 3.91. The van der Waals surface area contributed by atoms with Crippen LogP contribution in [0.2, 0.25) is 0 Å². The van der Waals surface area contributed by atoms with Crippen LogP contribution in [0.25, 0.3) is 0 Å². The van der Waals surface area contributed by atoms with Gasteiger partial charge < -0.3 is 19.3 Å². The van der Waals surface area contributed by atoms with E-state index in [0.29, 0.717) is 5.56 Å². The zero-order valence-electron chi connectivity index (χ0n) is 13.7. The second-order valence-corrected chi connectivity index (χ2v) is 5.71. The largest absolute Gasteiger partial charge is 0.459 e. The summed E-state index contributed by atoms with van der Waals surface area (Å²) in [6.07, 6.45) is -6.20. The Morgan fingerprint density at radius 1 is 0.962 bits per heavy atom. The number of esters is 2. The molecule has 2 aromatic rings. The van der Waals surface area contributed by atoms with Crippen LogP contribution < -0.4 is 0 Å². The molecule has 4 atom stereocenters. The zero-order chi connectivity index (χ0) is 18.5. The number of carbonyl (C=O) groups is 2. The summed E-state index contributed by atoms with van der Waals surface area (Å²) in [6.45, 7) is -0.363. The minimum Gasteiger partial charge on any atom is -0.459 e. The van der Waals surface area contributed by atoms with Crippen molar-refractivity contribution in [2.24, 2.45) is 0 Å². The Bertz CT molecular complexity index is 751. The zero-order valence-corrected chi connectivity index (χ0v) is 13.7. The highest BCUT2D eigenvalue weighted by atomic mass is 19.1. The molecule has 0 aliphatic carbocycles. The molecule has 0 amide bonds. The second-order valence-electron chi connectivity index (χ2n) is 5.71. The minimum atomic E-state index is -1.94. The average molecular weight is 360 g/mol. The molecule has 3 rings (SSSR count). The van der Waals surface area contributed by atoms with Gasteiger partial charge in [0, 0.05) is 0 Å². The molecule has 26 heavy (non-hydrogen) atoms. The fourth-order valence-corrected chi connectivity index (χ4v) is 2.56. The van der Waals surface area contributed by atoms with Crippen LogP contribution in [-0.2, 0) is 14.2 Å². The highest BCUT2D eigenvalue weighted by Crippen LogP contribution is 2.26. The van der Waals surface area contributed by atoms with Crippen molar-refractivity contribution in [2.75, 3.05) is 6.61 Å². The summed E-state index contributed by atoms with van der Waals surface area (Å²) in [5.41, 5.74) is 0.557. The molecule has 1 aliphatic heterocycles. The Balaban J connectivity index is 1.63. The van der Waals surface area contributed by atoms with Crippen LogP contribution in [0.4, 0.5) is 4.39 Å². The standard InChI is InChI=1S/C19H17FO6/c20-15-16(26-18(22)13-9-5-2-6-10-13)14(25-19(15)23)11-24-17(21)12-7-3-1-4-8-12/h1-10,14-16,19,23H,11H2/t14-,15-,16-,19?/m0/s1. The third-order valence-electron chi connectivity index (χ3n) is 3.91. The number of hydrogen-bond acceptors (Lipinski definition) is 6. The normalized spacial score (nSPS) is 24.8. The highest BCUT2D eigenvalue weighted by molar-refractivity contribution is 5.90. The van der Waals surface area contributed by atoms with E-state index in [1.54, 1.807) is 48.5 Å². The van der Waals surface area contributed by atoms with E-state index in [1.165, 1.54) is 12.1 Å². The Kier molecular flexibility index (Phi) is 5.60. The number of rotatable bonds is 5. The van der Waals surface area contributed by atoms with Gasteiger partial charge in [0.1, 0.15) is 12.7 Å². The molecule has 1 aliphatic rings. The molecule has 136 valence electrons. The molecule has 0 spiro atoms. The van der Waals surface area contributed by atoms with E-state index in [-0.39, 0.29) is 12.2 Å². The van der Waals surface area contributed by atoms with Gasteiger partial charge in [0.25, 0.3) is 0 Å². The molecule has 6 nitrogen and oxygen atoms in total. The van der Waals surface area contributed by atoms with Crippen LogP contribution >= 0.6 is 0 Å². The van der Waals surface area contributed by atoms with Gasteiger partial charge in [-0.2, -0.15) is 0 Å². The first-order valence-electron chi connectivity index (χ1n) is 8.02. The van der Waals surface area contributed by atoms with Crippen molar-refractivity contribution in [3.8, 4) is 0 Å². The van der Waals surface area contributed by atoms with E-state index in [0.717, 1.165) is 0 Å². The molecule has 0 bridgehead atoms. The first-order chi connectivity index (χ1) is 12.6. The summed E-state index contributed by atoms with van der Waals surface area (Å²) >= 11 is 0. The van der Waals surface area contributed by atoms with Gasteiger partial charge >= 0.3 is 11.9 Å². The van der Waals surface area contributed by atoms with Crippen molar-refractivity contribution in [2.45, 2.75) is 24.7 Å². The van der Waals surface area contributed by atoms with Gasteiger partial charge in [-0.1, -0.05) is 36.4 Å². The Morgan fingerprint density at radius 2 is 1.50 bits per heavy atom. The van der Waals surface area contributed by atoms with Crippen molar-refractivity contribution in [1.82, 2.24) is 0 Å². The maximum atomic E-state index is 14.2. The molecule has 0 aromatic heterocycles. The van der Waals surface area contributed by atoms with Crippen LogP contribution in [0.1, 0.15) is 20.7 Å². The van der Waals surface area contributed by atoms with Crippen molar-refractivity contribution in [3.05, 3.63) is 71.8 Å². The number of benzene rings is 2. The van der Waals surface area contributed by atoms with Gasteiger partial charge in [-0.3, -0.25) is 0 Å². The summed E-state index contributed by atoms with van der Waals surface area (Å²) < 4.78 is 29.4. The van der Waals surface area contributed by atoms with E-state index in [9.17, 15) is 19.1 Å². The van der Waals surface area contributed by atoms with E-state index in [2.05, 4.69) is 0 Å². The molecular weight excluding hydrogens is 343 g/mol. The number of halogens is 1. The van der Waals surface area contributed by atoms with Crippen molar-refractivity contribution in [1.29, 1.82) is 0 Å². The number of carbonyl (C=O) groups excluding carboxylic acids is 2. The number of hydrogen-bond donors (Lipinski definition) is 1. The SMILES string of the molecule is O=C(OC[C@@H]1OC(O)[C@@H](F)[C@H]1OC(=O)c1ccccc1)c1ccccc1. The molecular formula is C19H17FO6.